The first kappa shape index (κ1) is 19.6. The third-order valence-electron chi connectivity index (χ3n) is 3.83. The highest BCUT2D eigenvalue weighted by Crippen LogP contribution is 2.38. The number of hydrogen-bond acceptors (Lipinski definition) is 7. The molecule has 2 atom stereocenters. The molecular weight excluding hydrogens is 408 g/mol. The Labute approximate surface area is 166 Å². The zero-order chi connectivity index (χ0) is 19.6. The van der Waals surface area contributed by atoms with E-state index in [1.165, 1.54) is 18.0 Å². The van der Waals surface area contributed by atoms with E-state index < -0.39 is 22.9 Å². The number of thioether (sulfide) groups is 1. The molecule has 10 heteroatoms. The van der Waals surface area contributed by atoms with Gasteiger partial charge in [0.15, 0.2) is 5.78 Å². The summed E-state index contributed by atoms with van der Waals surface area (Å²) in [7, 11) is -1.65. The standard InChI is InChI=1S/C17H14N2O5S3/c18-27(23)14-5-1-9(8-19-14)12-4-2-10(24-12)7-13-16(22)11(17(25)26-13)3-6-15(20)21/h1-2,4-5,7-8,11H,3,6,18H2,(H,20,21)/b13-7-. The number of rotatable bonds is 6. The Kier molecular flexibility index (Phi) is 6.00. The van der Waals surface area contributed by atoms with E-state index in [0.717, 1.165) is 0 Å². The van der Waals surface area contributed by atoms with Gasteiger partial charge in [0, 0.05) is 18.2 Å². The minimum absolute atomic E-state index is 0.105. The number of furan rings is 1. The maximum atomic E-state index is 12.4. The molecule has 0 amide bonds. The number of nitrogens with two attached hydrogens (primary N) is 1. The Bertz CT molecular complexity index is 965. The normalized spacial score (nSPS) is 19.6. The number of carbonyl (C=O) groups excluding carboxylic acids is 1. The van der Waals surface area contributed by atoms with Gasteiger partial charge in [-0.05, 0) is 36.8 Å². The average Bonchev–Trinajstić information content (AvgIpc) is 3.19. The van der Waals surface area contributed by atoms with Gasteiger partial charge in [0.05, 0.1) is 15.0 Å². The first-order valence-corrected chi connectivity index (χ1v) is 10.2. The zero-order valence-electron chi connectivity index (χ0n) is 13.8. The number of ketones is 1. The molecule has 2 unspecified atom stereocenters. The smallest absolute Gasteiger partial charge is 0.303 e. The van der Waals surface area contributed by atoms with Crippen LogP contribution in [0.25, 0.3) is 17.4 Å². The van der Waals surface area contributed by atoms with Crippen LogP contribution < -0.4 is 5.14 Å². The number of nitrogens with zero attached hydrogens (tertiary/aromatic N) is 1. The second kappa shape index (κ2) is 8.26. The lowest BCUT2D eigenvalue weighted by Crippen LogP contribution is -2.14. The number of pyridine rings is 1. The fourth-order valence-electron chi connectivity index (χ4n) is 2.49. The van der Waals surface area contributed by atoms with Crippen LogP contribution in [0, 0.1) is 5.92 Å². The van der Waals surface area contributed by atoms with Crippen molar-refractivity contribution in [2.45, 2.75) is 17.9 Å². The predicted molar refractivity (Wildman–Crippen MR) is 106 cm³/mol. The fraction of sp³-hybridized carbons (Fsp3) is 0.176. The van der Waals surface area contributed by atoms with Gasteiger partial charge in [0.25, 0.3) is 0 Å². The van der Waals surface area contributed by atoms with E-state index in [1.54, 1.807) is 30.3 Å². The van der Waals surface area contributed by atoms with E-state index >= 15 is 0 Å². The maximum Gasteiger partial charge on any atom is 0.303 e. The molecule has 3 heterocycles. The molecule has 1 saturated heterocycles. The quantitative estimate of drug-likeness (QED) is 0.538. The summed E-state index contributed by atoms with van der Waals surface area (Å²) in [5.74, 6) is -0.698. The van der Waals surface area contributed by atoms with E-state index in [0.29, 0.717) is 26.2 Å². The van der Waals surface area contributed by atoms with Crippen molar-refractivity contribution in [2.24, 2.45) is 11.1 Å². The van der Waals surface area contributed by atoms with Crippen molar-refractivity contribution in [3.63, 3.8) is 0 Å². The lowest BCUT2D eigenvalue weighted by molar-refractivity contribution is -0.137. The summed E-state index contributed by atoms with van der Waals surface area (Å²) < 4.78 is 17.4. The number of thiocarbonyl (C=S) groups is 1. The minimum Gasteiger partial charge on any atom is -0.481 e. The number of allylic oxidation sites excluding steroid dienone is 1. The number of aromatic nitrogens is 1. The fourth-order valence-corrected chi connectivity index (χ4v) is 4.34. The predicted octanol–water partition coefficient (Wildman–Crippen LogP) is 2.79. The van der Waals surface area contributed by atoms with Gasteiger partial charge in [-0.15, -0.1) is 0 Å². The third kappa shape index (κ3) is 4.59. The number of aliphatic carboxylic acids is 1. The highest BCUT2D eigenvalue weighted by atomic mass is 32.2. The molecule has 1 aliphatic heterocycles. The molecule has 140 valence electrons. The van der Waals surface area contributed by atoms with Gasteiger partial charge in [0.1, 0.15) is 27.5 Å². The zero-order valence-corrected chi connectivity index (χ0v) is 16.2. The molecule has 1 aliphatic rings. The van der Waals surface area contributed by atoms with Crippen LogP contribution in [0.15, 0.2) is 44.8 Å². The second-order valence-electron chi connectivity index (χ2n) is 5.66. The molecular formula is C17H14N2O5S3. The molecule has 3 rings (SSSR count). The second-order valence-corrected chi connectivity index (χ2v) is 8.46. The van der Waals surface area contributed by atoms with E-state index in [-0.39, 0.29) is 23.7 Å². The Morgan fingerprint density at radius 2 is 2.19 bits per heavy atom. The summed E-state index contributed by atoms with van der Waals surface area (Å²) in [6, 6.07) is 6.68. The molecule has 27 heavy (non-hydrogen) atoms. The van der Waals surface area contributed by atoms with Crippen LogP contribution in [-0.2, 0) is 20.6 Å². The number of Topliss-reactive ketones (excluding diaryl/α,β-unsaturated/α-hetero) is 1. The first-order valence-electron chi connectivity index (χ1n) is 7.77. The van der Waals surface area contributed by atoms with Crippen LogP contribution in [0.5, 0.6) is 0 Å². The lowest BCUT2D eigenvalue weighted by atomic mass is 10.00. The van der Waals surface area contributed by atoms with E-state index in [4.69, 9.17) is 26.9 Å². The van der Waals surface area contributed by atoms with Gasteiger partial charge in [0.2, 0.25) is 0 Å². The van der Waals surface area contributed by atoms with Crippen molar-refractivity contribution in [1.82, 2.24) is 4.98 Å². The van der Waals surface area contributed by atoms with Gasteiger partial charge in [-0.25, -0.2) is 14.3 Å². The molecule has 0 spiro atoms. The van der Waals surface area contributed by atoms with Crippen molar-refractivity contribution in [2.75, 3.05) is 0 Å². The summed E-state index contributed by atoms with van der Waals surface area (Å²) in [6.07, 6.45) is 3.19. The van der Waals surface area contributed by atoms with Gasteiger partial charge in [-0.1, -0.05) is 24.0 Å². The summed E-state index contributed by atoms with van der Waals surface area (Å²) in [5.41, 5.74) is 0.675. The SMILES string of the molecule is NS(=O)c1ccc(-c2ccc(/C=C3\SC(=S)C(CCC(=O)O)C3=O)o2)cn1. The van der Waals surface area contributed by atoms with Gasteiger partial charge in [-0.3, -0.25) is 9.59 Å². The summed E-state index contributed by atoms with van der Waals surface area (Å²) >= 11 is 6.38. The number of carboxylic acids is 1. The molecule has 0 radical (unpaired) electrons. The van der Waals surface area contributed by atoms with Crippen LogP contribution in [0.4, 0.5) is 0 Å². The van der Waals surface area contributed by atoms with Gasteiger partial charge >= 0.3 is 5.97 Å². The molecule has 2 aromatic rings. The van der Waals surface area contributed by atoms with Crippen molar-refractivity contribution < 1.29 is 23.3 Å². The topological polar surface area (TPSA) is 123 Å². The molecule has 2 aromatic heterocycles. The summed E-state index contributed by atoms with van der Waals surface area (Å²) in [6.45, 7) is 0. The first-order chi connectivity index (χ1) is 12.8. The van der Waals surface area contributed by atoms with Gasteiger partial charge < -0.3 is 9.52 Å². The van der Waals surface area contributed by atoms with Crippen molar-refractivity contribution in [3.05, 3.63) is 41.1 Å². The van der Waals surface area contributed by atoms with Crippen molar-refractivity contribution >= 4 is 57.0 Å². The Hall–Kier alpha value is -2.14. The molecule has 0 saturated carbocycles. The number of carboxylic acid groups (broad SMARTS) is 1. The van der Waals surface area contributed by atoms with E-state index in [2.05, 4.69) is 4.98 Å². The highest BCUT2D eigenvalue weighted by Gasteiger charge is 2.35. The Balaban J connectivity index is 1.76. The minimum atomic E-state index is -1.65. The van der Waals surface area contributed by atoms with Crippen molar-refractivity contribution in [3.8, 4) is 11.3 Å². The third-order valence-corrected chi connectivity index (χ3v) is 6.04. The molecule has 0 bridgehead atoms. The molecule has 0 aliphatic carbocycles. The highest BCUT2D eigenvalue weighted by molar-refractivity contribution is 8.27. The number of carbonyl (C=O) groups is 2. The van der Waals surface area contributed by atoms with Crippen molar-refractivity contribution in [1.29, 1.82) is 0 Å². The largest absolute Gasteiger partial charge is 0.481 e. The van der Waals surface area contributed by atoms with Gasteiger partial charge in [-0.2, -0.15) is 0 Å². The Morgan fingerprint density at radius 1 is 1.41 bits per heavy atom. The summed E-state index contributed by atoms with van der Waals surface area (Å²) in [4.78, 5) is 27.6. The number of hydrogen-bond donors (Lipinski definition) is 2. The molecule has 3 N–H and O–H groups in total. The molecule has 7 nitrogen and oxygen atoms in total. The monoisotopic (exact) mass is 422 g/mol. The average molecular weight is 423 g/mol. The Morgan fingerprint density at radius 3 is 2.81 bits per heavy atom. The summed E-state index contributed by atoms with van der Waals surface area (Å²) in [5, 5.41) is 14.3. The van der Waals surface area contributed by atoms with Crippen LogP contribution in [0.3, 0.4) is 0 Å². The van der Waals surface area contributed by atoms with Crippen LogP contribution in [0.1, 0.15) is 18.6 Å². The lowest BCUT2D eigenvalue weighted by Gasteiger charge is -2.03. The van der Waals surface area contributed by atoms with Crippen LogP contribution in [0.2, 0.25) is 0 Å². The molecule has 1 fully saturated rings. The maximum absolute atomic E-state index is 12.4. The van der Waals surface area contributed by atoms with Crippen LogP contribution in [-0.4, -0.2) is 30.2 Å². The van der Waals surface area contributed by atoms with Crippen LogP contribution >= 0.6 is 24.0 Å². The van der Waals surface area contributed by atoms with E-state index in [9.17, 15) is 13.8 Å². The van der Waals surface area contributed by atoms with E-state index in [1.807, 2.05) is 0 Å². The molecule has 0 aromatic carbocycles.